The summed E-state index contributed by atoms with van der Waals surface area (Å²) in [7, 11) is 0. The number of hydrogen-bond acceptors (Lipinski definition) is 5. The highest BCUT2D eigenvalue weighted by atomic mass is 32.1. The molecular formula is C16H14FN5OS. The Morgan fingerprint density at radius 3 is 2.75 bits per heavy atom. The number of aromatic nitrogens is 1. The third-order valence-electron chi connectivity index (χ3n) is 4.29. The van der Waals surface area contributed by atoms with Gasteiger partial charge in [0.25, 0.3) is 0 Å². The van der Waals surface area contributed by atoms with Crippen LogP contribution in [0.2, 0.25) is 0 Å². The topological polar surface area (TPSA) is 63.5 Å². The Balaban J connectivity index is 1.94. The lowest BCUT2D eigenvalue weighted by Crippen LogP contribution is -2.43. The van der Waals surface area contributed by atoms with Crippen molar-refractivity contribution in [3.05, 3.63) is 34.9 Å². The number of carbonyl (C=O) groups excluding carboxylic acids is 1. The van der Waals surface area contributed by atoms with E-state index in [1.54, 1.807) is 16.9 Å². The Morgan fingerprint density at radius 2 is 2.08 bits per heavy atom. The zero-order valence-corrected chi connectivity index (χ0v) is 13.9. The molecule has 24 heavy (non-hydrogen) atoms. The molecule has 8 heteroatoms. The second-order valence-corrected chi connectivity index (χ2v) is 6.97. The van der Waals surface area contributed by atoms with Crippen LogP contribution in [0.5, 0.6) is 0 Å². The molecule has 6 nitrogen and oxygen atoms in total. The van der Waals surface area contributed by atoms with Gasteiger partial charge in [-0.05, 0) is 25.8 Å². The predicted molar refractivity (Wildman–Crippen MR) is 88.7 cm³/mol. The molecule has 122 valence electrons. The smallest absolute Gasteiger partial charge is 0.266 e. The summed E-state index contributed by atoms with van der Waals surface area (Å²) in [6.07, 6.45) is 1.86. The molecule has 2 saturated heterocycles. The summed E-state index contributed by atoms with van der Waals surface area (Å²) in [4.78, 5) is 18.5. The van der Waals surface area contributed by atoms with Crippen molar-refractivity contribution in [2.45, 2.75) is 19.8 Å². The summed E-state index contributed by atoms with van der Waals surface area (Å²) < 4.78 is 15.4. The van der Waals surface area contributed by atoms with Crippen LogP contribution in [0.4, 0.5) is 14.9 Å². The van der Waals surface area contributed by atoms with Crippen molar-refractivity contribution in [1.82, 2.24) is 15.0 Å². The minimum atomic E-state index is -0.639. The lowest BCUT2D eigenvalue weighted by Gasteiger charge is -2.32. The number of nitrogens with zero attached hydrogens (tertiary/aromatic N) is 5. The maximum Gasteiger partial charge on any atom is 0.349 e. The Bertz CT molecular complexity index is 907. The van der Waals surface area contributed by atoms with E-state index in [-0.39, 0.29) is 17.3 Å². The molecule has 0 N–H and O–H groups in total. The van der Waals surface area contributed by atoms with E-state index in [2.05, 4.69) is 11.6 Å². The first-order valence-electron chi connectivity index (χ1n) is 7.60. The molecule has 0 spiro atoms. The zero-order chi connectivity index (χ0) is 17.0. The molecule has 1 aromatic carbocycles. The molecule has 2 fully saturated rings. The van der Waals surface area contributed by atoms with Crippen molar-refractivity contribution in [1.29, 1.82) is 5.26 Å². The second kappa shape index (κ2) is 5.18. The SMILES string of the molecule is C=C1N(c2c(F)cc(C#N)c3sc(C)nc23)C(=O)N2CCCCN12. The molecule has 0 atom stereocenters. The average Bonchev–Trinajstić information content (AvgIpc) is 3.07. The average molecular weight is 343 g/mol. The van der Waals surface area contributed by atoms with Crippen molar-refractivity contribution in [2.75, 3.05) is 18.0 Å². The van der Waals surface area contributed by atoms with Gasteiger partial charge in [0.15, 0.2) is 5.82 Å². The highest BCUT2D eigenvalue weighted by Crippen LogP contribution is 2.40. The fraction of sp³-hybridized carbons (Fsp3) is 0.312. The van der Waals surface area contributed by atoms with Crippen molar-refractivity contribution >= 4 is 33.3 Å². The molecule has 0 aliphatic carbocycles. The molecule has 0 saturated carbocycles. The second-order valence-electron chi connectivity index (χ2n) is 5.76. The molecule has 3 heterocycles. The van der Waals surface area contributed by atoms with Crippen LogP contribution < -0.4 is 4.90 Å². The molecule has 2 aromatic rings. The number of rotatable bonds is 1. The van der Waals surface area contributed by atoms with Gasteiger partial charge in [-0.15, -0.1) is 11.3 Å². The molecule has 1 aromatic heterocycles. The Morgan fingerprint density at radius 1 is 1.38 bits per heavy atom. The van der Waals surface area contributed by atoms with Crippen LogP contribution in [0.3, 0.4) is 0 Å². The number of anilines is 1. The van der Waals surface area contributed by atoms with Crippen LogP contribution in [-0.2, 0) is 0 Å². The fourth-order valence-corrected chi connectivity index (χ4v) is 4.12. The first-order chi connectivity index (χ1) is 11.5. The number of benzene rings is 1. The van der Waals surface area contributed by atoms with E-state index in [0.29, 0.717) is 34.1 Å². The fourth-order valence-electron chi connectivity index (χ4n) is 3.24. The molecule has 4 rings (SSSR count). The van der Waals surface area contributed by atoms with Crippen LogP contribution >= 0.6 is 11.3 Å². The first kappa shape index (κ1) is 14.9. The molecule has 0 bridgehead atoms. The van der Waals surface area contributed by atoms with E-state index in [1.165, 1.54) is 22.3 Å². The van der Waals surface area contributed by atoms with Gasteiger partial charge in [-0.1, -0.05) is 6.58 Å². The van der Waals surface area contributed by atoms with Crippen molar-refractivity contribution in [3.8, 4) is 6.07 Å². The van der Waals surface area contributed by atoms with Crippen LogP contribution in [0.15, 0.2) is 18.5 Å². The van der Waals surface area contributed by atoms with Crippen molar-refractivity contribution in [2.24, 2.45) is 0 Å². The van der Waals surface area contributed by atoms with Gasteiger partial charge in [0.1, 0.15) is 23.1 Å². The van der Waals surface area contributed by atoms with Crippen LogP contribution in [0.25, 0.3) is 10.2 Å². The first-order valence-corrected chi connectivity index (χ1v) is 8.42. The highest BCUT2D eigenvalue weighted by molar-refractivity contribution is 7.18. The van der Waals surface area contributed by atoms with E-state index in [9.17, 15) is 14.4 Å². The molecule has 2 amide bonds. The van der Waals surface area contributed by atoms with Crippen molar-refractivity contribution in [3.63, 3.8) is 0 Å². The number of nitriles is 1. The quantitative estimate of drug-likeness (QED) is 0.797. The minimum Gasteiger partial charge on any atom is -0.266 e. The molecule has 2 aliphatic heterocycles. The summed E-state index contributed by atoms with van der Waals surface area (Å²) in [5.74, 6) is -0.213. The van der Waals surface area contributed by atoms with Gasteiger partial charge < -0.3 is 0 Å². The summed E-state index contributed by atoms with van der Waals surface area (Å²) in [6.45, 7) is 7.04. The Hall–Kier alpha value is -2.66. The number of amides is 2. The minimum absolute atomic E-state index is 0.0812. The van der Waals surface area contributed by atoms with Gasteiger partial charge in [0.05, 0.1) is 15.3 Å². The highest BCUT2D eigenvalue weighted by Gasteiger charge is 2.42. The number of hydrogen-bond donors (Lipinski definition) is 0. The largest absolute Gasteiger partial charge is 0.349 e. The maximum atomic E-state index is 14.8. The Kier molecular flexibility index (Phi) is 3.21. The number of carbonyl (C=O) groups is 1. The molecule has 0 radical (unpaired) electrons. The van der Waals surface area contributed by atoms with E-state index in [1.807, 2.05) is 6.07 Å². The van der Waals surface area contributed by atoms with E-state index in [4.69, 9.17) is 0 Å². The van der Waals surface area contributed by atoms with Gasteiger partial charge in [0.2, 0.25) is 0 Å². The summed E-state index contributed by atoms with van der Waals surface area (Å²) in [6, 6.07) is 2.84. The van der Waals surface area contributed by atoms with Gasteiger partial charge in [-0.2, -0.15) is 5.26 Å². The van der Waals surface area contributed by atoms with Crippen LogP contribution in [0, 0.1) is 24.1 Å². The molecular weight excluding hydrogens is 329 g/mol. The van der Waals surface area contributed by atoms with E-state index >= 15 is 0 Å². The lowest BCUT2D eigenvalue weighted by atomic mass is 10.1. The maximum absolute atomic E-state index is 14.8. The van der Waals surface area contributed by atoms with E-state index in [0.717, 1.165) is 12.8 Å². The number of thiazole rings is 1. The number of halogens is 1. The summed E-state index contributed by atoms with van der Waals surface area (Å²) in [5.41, 5.74) is 0.648. The standard InChI is InChI=1S/C16H14FN5OS/c1-9-19-13-14(12(17)7-11(8-18)15(13)24-9)22-10(2)20-5-3-4-6-21(20)16(22)23/h7H,2-6H2,1H3. The number of hydrazine groups is 1. The number of urea groups is 1. The zero-order valence-electron chi connectivity index (χ0n) is 13.0. The summed E-state index contributed by atoms with van der Waals surface area (Å²) >= 11 is 1.32. The third-order valence-corrected chi connectivity index (χ3v) is 5.30. The molecule has 2 aliphatic rings. The van der Waals surface area contributed by atoms with Gasteiger partial charge in [0, 0.05) is 13.1 Å². The van der Waals surface area contributed by atoms with Crippen LogP contribution in [-0.4, -0.2) is 34.1 Å². The van der Waals surface area contributed by atoms with E-state index < -0.39 is 5.82 Å². The summed E-state index contributed by atoms with van der Waals surface area (Å²) in [5, 5.41) is 13.3. The normalized spacial score (nSPS) is 17.6. The Labute approximate surface area is 142 Å². The van der Waals surface area contributed by atoms with Gasteiger partial charge >= 0.3 is 6.03 Å². The van der Waals surface area contributed by atoms with Crippen LogP contribution in [0.1, 0.15) is 23.4 Å². The third kappa shape index (κ3) is 1.91. The lowest BCUT2D eigenvalue weighted by molar-refractivity contribution is 0.0500. The number of aryl methyl sites for hydroxylation is 1. The number of fused-ring (bicyclic) bond motifs is 2. The van der Waals surface area contributed by atoms with Crippen molar-refractivity contribution < 1.29 is 9.18 Å². The molecule has 0 unspecified atom stereocenters. The monoisotopic (exact) mass is 343 g/mol. The van der Waals surface area contributed by atoms with Gasteiger partial charge in [-0.3, -0.25) is 5.01 Å². The predicted octanol–water partition coefficient (Wildman–Crippen LogP) is 3.34. The van der Waals surface area contributed by atoms with Gasteiger partial charge in [-0.25, -0.2) is 24.1 Å².